The van der Waals surface area contributed by atoms with Crippen molar-refractivity contribution in [3.63, 3.8) is 0 Å². The van der Waals surface area contributed by atoms with Gasteiger partial charge < -0.3 is 5.32 Å². The van der Waals surface area contributed by atoms with Crippen LogP contribution in [0.4, 0.5) is 17.6 Å². The molecule has 0 aromatic heterocycles. The third kappa shape index (κ3) is 4.66. The molecule has 0 aliphatic heterocycles. The molecule has 0 bridgehead atoms. The van der Waals surface area contributed by atoms with Crippen LogP contribution >= 0.6 is 0 Å². The highest BCUT2D eigenvalue weighted by Gasteiger charge is 2.30. The van der Waals surface area contributed by atoms with Crippen LogP contribution in [-0.4, -0.2) is 6.54 Å². The van der Waals surface area contributed by atoms with Gasteiger partial charge in [0.2, 0.25) is 0 Å². The van der Waals surface area contributed by atoms with Gasteiger partial charge in [0.15, 0.2) is 0 Å². The summed E-state index contributed by atoms with van der Waals surface area (Å²) in [7, 11) is 0. The van der Waals surface area contributed by atoms with Crippen molar-refractivity contribution in [2.24, 2.45) is 0 Å². The van der Waals surface area contributed by atoms with Crippen molar-refractivity contribution in [1.29, 1.82) is 0 Å². The number of aryl methyl sites for hydroxylation is 1. The minimum Gasteiger partial charge on any atom is -0.310 e. The van der Waals surface area contributed by atoms with Crippen LogP contribution in [0.2, 0.25) is 0 Å². The minimum atomic E-state index is -4.31. The van der Waals surface area contributed by atoms with E-state index in [1.54, 1.807) is 18.2 Å². The first-order chi connectivity index (χ1) is 12.9. The molecule has 0 fully saturated rings. The molecule has 3 aromatic carbocycles. The second kappa shape index (κ2) is 8.09. The van der Waals surface area contributed by atoms with Gasteiger partial charge in [-0.15, -0.1) is 0 Å². The van der Waals surface area contributed by atoms with E-state index in [4.69, 9.17) is 0 Å². The van der Waals surface area contributed by atoms with E-state index in [0.717, 1.165) is 17.0 Å². The molecule has 0 aliphatic carbocycles. The zero-order valence-electron chi connectivity index (χ0n) is 15.0. The van der Waals surface area contributed by atoms with Crippen LogP contribution in [0.15, 0.2) is 60.7 Å². The van der Waals surface area contributed by atoms with Gasteiger partial charge in [0.25, 0.3) is 0 Å². The molecule has 0 saturated carbocycles. The standard InChI is InChI=1S/C22H21F4N/c1-15(18-11-12-21(23)20-10-3-2-9-19(18)20)27-13-5-7-16-6-4-8-17(14-16)22(24,25)26/h2-4,6,8-12,14-15,27H,5,7,13H2,1H3. The van der Waals surface area contributed by atoms with Crippen molar-refractivity contribution in [1.82, 2.24) is 5.32 Å². The third-order valence-corrected chi connectivity index (χ3v) is 4.72. The van der Waals surface area contributed by atoms with Gasteiger partial charge in [-0.25, -0.2) is 4.39 Å². The highest BCUT2D eigenvalue weighted by Crippen LogP contribution is 2.30. The lowest BCUT2D eigenvalue weighted by atomic mass is 9.99. The zero-order chi connectivity index (χ0) is 19.4. The number of alkyl halides is 3. The number of halogens is 4. The van der Waals surface area contributed by atoms with Gasteiger partial charge in [-0.2, -0.15) is 13.2 Å². The second-order valence-electron chi connectivity index (χ2n) is 6.66. The number of hydrogen-bond acceptors (Lipinski definition) is 1. The van der Waals surface area contributed by atoms with Crippen LogP contribution in [0.3, 0.4) is 0 Å². The summed E-state index contributed by atoms with van der Waals surface area (Å²) in [5.41, 5.74) is 1.07. The molecule has 1 N–H and O–H groups in total. The predicted octanol–water partition coefficient (Wildman–Crippen LogP) is 6.28. The van der Waals surface area contributed by atoms with E-state index in [0.29, 0.717) is 30.3 Å². The smallest absolute Gasteiger partial charge is 0.310 e. The SMILES string of the molecule is CC(NCCCc1cccc(C(F)(F)F)c1)c1ccc(F)c2ccccc12. The maximum atomic E-state index is 13.9. The van der Waals surface area contributed by atoms with Gasteiger partial charge in [-0.1, -0.05) is 48.5 Å². The molecule has 1 nitrogen and oxygen atoms in total. The highest BCUT2D eigenvalue weighted by atomic mass is 19.4. The van der Waals surface area contributed by atoms with E-state index in [1.165, 1.54) is 18.2 Å². The number of fused-ring (bicyclic) bond motifs is 1. The van der Waals surface area contributed by atoms with Crippen molar-refractivity contribution in [3.05, 3.63) is 83.2 Å². The summed E-state index contributed by atoms with van der Waals surface area (Å²) in [5.74, 6) is -0.244. The van der Waals surface area contributed by atoms with Gasteiger partial charge in [0.05, 0.1) is 5.56 Å². The Balaban J connectivity index is 1.60. The second-order valence-corrected chi connectivity index (χ2v) is 6.66. The maximum Gasteiger partial charge on any atom is 0.416 e. The van der Waals surface area contributed by atoms with Crippen molar-refractivity contribution >= 4 is 10.8 Å². The lowest BCUT2D eigenvalue weighted by Crippen LogP contribution is -2.20. The molecule has 1 atom stereocenters. The lowest BCUT2D eigenvalue weighted by Gasteiger charge is -2.17. The minimum absolute atomic E-state index is 0.0111. The zero-order valence-corrected chi connectivity index (χ0v) is 15.0. The van der Waals surface area contributed by atoms with Crippen molar-refractivity contribution in [3.8, 4) is 0 Å². The summed E-state index contributed by atoms with van der Waals surface area (Å²) in [5, 5.41) is 4.84. The number of nitrogens with one attached hydrogen (secondary N) is 1. The quantitative estimate of drug-likeness (QED) is 0.395. The van der Waals surface area contributed by atoms with Crippen molar-refractivity contribution < 1.29 is 17.6 Å². The molecule has 0 amide bonds. The molecule has 3 aromatic rings. The Morgan fingerprint density at radius 1 is 0.926 bits per heavy atom. The van der Waals surface area contributed by atoms with E-state index in [2.05, 4.69) is 5.32 Å². The fourth-order valence-corrected chi connectivity index (χ4v) is 3.29. The number of hydrogen-bond donors (Lipinski definition) is 1. The van der Waals surface area contributed by atoms with Crippen LogP contribution in [0, 0.1) is 5.82 Å². The average Bonchev–Trinajstić information content (AvgIpc) is 2.65. The van der Waals surface area contributed by atoms with Gasteiger partial charge in [0.1, 0.15) is 5.82 Å². The molecular weight excluding hydrogens is 354 g/mol. The maximum absolute atomic E-state index is 13.9. The largest absolute Gasteiger partial charge is 0.416 e. The topological polar surface area (TPSA) is 12.0 Å². The summed E-state index contributed by atoms with van der Waals surface area (Å²) in [6.45, 7) is 2.66. The molecule has 0 saturated heterocycles. The molecule has 0 heterocycles. The van der Waals surface area contributed by atoms with E-state index < -0.39 is 11.7 Å². The summed E-state index contributed by atoms with van der Waals surface area (Å²) < 4.78 is 52.2. The Bertz CT molecular complexity index is 918. The fourth-order valence-electron chi connectivity index (χ4n) is 3.29. The summed E-state index contributed by atoms with van der Waals surface area (Å²) >= 11 is 0. The number of benzene rings is 3. The van der Waals surface area contributed by atoms with Crippen LogP contribution in [-0.2, 0) is 12.6 Å². The Kier molecular flexibility index (Phi) is 5.80. The molecular formula is C22H21F4N. The fraction of sp³-hybridized carbons (Fsp3) is 0.273. The molecule has 5 heteroatoms. The molecule has 1 unspecified atom stereocenters. The van der Waals surface area contributed by atoms with Crippen molar-refractivity contribution in [2.75, 3.05) is 6.54 Å². The monoisotopic (exact) mass is 375 g/mol. The predicted molar refractivity (Wildman–Crippen MR) is 100 cm³/mol. The summed E-state index contributed by atoms with van der Waals surface area (Å²) in [6.07, 6.45) is -3.04. The summed E-state index contributed by atoms with van der Waals surface area (Å²) in [6, 6.07) is 16.1. The molecule has 27 heavy (non-hydrogen) atoms. The first kappa shape index (κ1) is 19.4. The van der Waals surface area contributed by atoms with Gasteiger partial charge in [0, 0.05) is 11.4 Å². The summed E-state index contributed by atoms with van der Waals surface area (Å²) in [4.78, 5) is 0. The molecule has 0 aliphatic rings. The van der Waals surface area contributed by atoms with E-state index in [1.807, 2.05) is 25.1 Å². The van der Waals surface area contributed by atoms with Gasteiger partial charge in [-0.05, 0) is 55.0 Å². The Morgan fingerprint density at radius 3 is 2.41 bits per heavy atom. The first-order valence-electron chi connectivity index (χ1n) is 8.93. The van der Waals surface area contributed by atoms with Gasteiger partial charge in [-0.3, -0.25) is 0 Å². The van der Waals surface area contributed by atoms with E-state index in [9.17, 15) is 17.6 Å². The molecule has 3 rings (SSSR count). The van der Waals surface area contributed by atoms with Crippen LogP contribution in [0.5, 0.6) is 0 Å². The Hall–Kier alpha value is -2.40. The Labute approximate surface area is 156 Å². The Morgan fingerprint density at radius 2 is 1.67 bits per heavy atom. The van der Waals surface area contributed by atoms with Crippen LogP contribution < -0.4 is 5.32 Å². The highest BCUT2D eigenvalue weighted by molar-refractivity contribution is 5.86. The van der Waals surface area contributed by atoms with Crippen LogP contribution in [0.25, 0.3) is 10.8 Å². The molecule has 0 spiro atoms. The normalized spacial score (nSPS) is 13.1. The van der Waals surface area contributed by atoms with Gasteiger partial charge >= 0.3 is 6.18 Å². The van der Waals surface area contributed by atoms with E-state index >= 15 is 0 Å². The number of rotatable bonds is 6. The van der Waals surface area contributed by atoms with Crippen molar-refractivity contribution in [2.45, 2.75) is 32.0 Å². The molecule has 142 valence electrons. The first-order valence-corrected chi connectivity index (χ1v) is 8.93. The van der Waals surface area contributed by atoms with E-state index in [-0.39, 0.29) is 11.9 Å². The lowest BCUT2D eigenvalue weighted by molar-refractivity contribution is -0.137. The third-order valence-electron chi connectivity index (χ3n) is 4.72. The molecule has 0 radical (unpaired) electrons. The van der Waals surface area contributed by atoms with Crippen LogP contribution in [0.1, 0.15) is 36.1 Å². The average molecular weight is 375 g/mol.